The summed E-state index contributed by atoms with van der Waals surface area (Å²) in [4.78, 5) is 12.6. The summed E-state index contributed by atoms with van der Waals surface area (Å²) in [6.45, 7) is 0. The average molecular weight is 257 g/mol. The molecule has 0 saturated heterocycles. The number of hydrogen-bond acceptors (Lipinski definition) is 4. The average Bonchev–Trinajstić information content (AvgIpc) is 2.40. The molecule has 5 heteroatoms. The normalized spacial score (nSPS) is 10.5. The fourth-order valence-electron chi connectivity index (χ4n) is 1.70. The monoisotopic (exact) mass is 256 g/mol. The molecule has 1 aromatic carbocycles. The first kappa shape index (κ1) is 10.9. The first-order valence-corrected chi connectivity index (χ1v) is 5.81. The number of pyridine rings is 1. The second kappa shape index (κ2) is 4.58. The fourth-order valence-corrected chi connectivity index (χ4v) is 1.88. The van der Waals surface area contributed by atoms with E-state index in [2.05, 4.69) is 20.3 Å². The second-order valence-electron chi connectivity index (χ2n) is 3.70. The summed E-state index contributed by atoms with van der Waals surface area (Å²) in [5.74, 6) is 1.38. The highest BCUT2D eigenvalue weighted by molar-refractivity contribution is 6.28. The van der Waals surface area contributed by atoms with Crippen LogP contribution in [0.1, 0.15) is 0 Å². The summed E-state index contributed by atoms with van der Waals surface area (Å²) in [6, 6.07) is 13.3. The molecule has 0 aliphatic rings. The van der Waals surface area contributed by atoms with Crippen LogP contribution in [0.25, 0.3) is 10.9 Å². The molecule has 2 aromatic heterocycles. The van der Waals surface area contributed by atoms with Gasteiger partial charge in [0.2, 0.25) is 5.28 Å². The van der Waals surface area contributed by atoms with Crippen molar-refractivity contribution in [3.05, 3.63) is 53.9 Å². The second-order valence-corrected chi connectivity index (χ2v) is 4.04. The van der Waals surface area contributed by atoms with E-state index in [1.54, 1.807) is 6.20 Å². The van der Waals surface area contributed by atoms with Gasteiger partial charge in [-0.3, -0.25) is 0 Å². The lowest BCUT2D eigenvalue weighted by Crippen LogP contribution is -1.98. The molecule has 0 amide bonds. The van der Waals surface area contributed by atoms with Gasteiger partial charge < -0.3 is 5.32 Å². The molecule has 0 atom stereocenters. The Bertz CT molecular complexity index is 685. The summed E-state index contributed by atoms with van der Waals surface area (Å²) < 4.78 is 0. The van der Waals surface area contributed by atoms with Gasteiger partial charge in [-0.25, -0.2) is 9.97 Å². The molecule has 0 unspecified atom stereocenters. The number of benzene rings is 1. The maximum Gasteiger partial charge on any atom is 0.224 e. The third-order valence-corrected chi connectivity index (χ3v) is 2.66. The number of anilines is 2. The van der Waals surface area contributed by atoms with E-state index < -0.39 is 0 Å². The predicted octanol–water partition coefficient (Wildman–Crippen LogP) is 3.42. The highest BCUT2D eigenvalue weighted by Gasteiger charge is 2.06. The van der Waals surface area contributed by atoms with Crippen molar-refractivity contribution in [2.75, 3.05) is 5.32 Å². The Balaban J connectivity index is 2.11. The van der Waals surface area contributed by atoms with Crippen LogP contribution in [0.4, 0.5) is 11.6 Å². The van der Waals surface area contributed by atoms with Crippen molar-refractivity contribution in [2.24, 2.45) is 0 Å². The van der Waals surface area contributed by atoms with Crippen LogP contribution >= 0.6 is 11.6 Å². The van der Waals surface area contributed by atoms with E-state index in [9.17, 15) is 0 Å². The van der Waals surface area contributed by atoms with Gasteiger partial charge in [-0.1, -0.05) is 18.2 Å². The number of nitrogens with zero attached hydrogens (tertiary/aromatic N) is 3. The number of nitrogens with one attached hydrogen (secondary N) is 1. The van der Waals surface area contributed by atoms with Crippen LogP contribution in [-0.2, 0) is 0 Å². The van der Waals surface area contributed by atoms with Crippen molar-refractivity contribution in [3.63, 3.8) is 0 Å². The Kier molecular flexibility index (Phi) is 2.78. The summed E-state index contributed by atoms with van der Waals surface area (Å²) in [7, 11) is 0. The molecule has 0 aliphatic heterocycles. The van der Waals surface area contributed by atoms with Crippen LogP contribution < -0.4 is 5.32 Å². The molecule has 2 heterocycles. The molecular formula is C13H9ClN4. The maximum absolute atomic E-state index is 5.91. The minimum atomic E-state index is 0.215. The van der Waals surface area contributed by atoms with Crippen LogP contribution in [0.5, 0.6) is 0 Å². The molecule has 3 rings (SSSR count). The molecule has 4 nitrogen and oxygen atoms in total. The first-order chi connectivity index (χ1) is 8.83. The van der Waals surface area contributed by atoms with E-state index in [0.29, 0.717) is 5.82 Å². The van der Waals surface area contributed by atoms with E-state index in [1.807, 2.05) is 42.5 Å². The van der Waals surface area contributed by atoms with Crippen LogP contribution in [0.3, 0.4) is 0 Å². The van der Waals surface area contributed by atoms with Gasteiger partial charge in [-0.2, -0.15) is 4.98 Å². The number of rotatable bonds is 2. The Morgan fingerprint density at radius 1 is 0.944 bits per heavy atom. The van der Waals surface area contributed by atoms with Crippen LogP contribution in [-0.4, -0.2) is 15.0 Å². The van der Waals surface area contributed by atoms with Gasteiger partial charge in [-0.15, -0.1) is 0 Å². The zero-order valence-corrected chi connectivity index (χ0v) is 10.1. The van der Waals surface area contributed by atoms with E-state index in [-0.39, 0.29) is 5.28 Å². The topological polar surface area (TPSA) is 50.7 Å². The molecule has 0 aliphatic carbocycles. The Morgan fingerprint density at radius 3 is 2.61 bits per heavy atom. The number of aromatic nitrogens is 3. The SMILES string of the molecule is Clc1nc(Nc2ccccn2)c2ccccc2n1. The van der Waals surface area contributed by atoms with Crippen molar-refractivity contribution in [3.8, 4) is 0 Å². The summed E-state index contributed by atoms with van der Waals surface area (Å²) in [6.07, 6.45) is 1.72. The summed E-state index contributed by atoms with van der Waals surface area (Å²) in [5.41, 5.74) is 0.802. The third-order valence-electron chi connectivity index (χ3n) is 2.49. The molecule has 0 radical (unpaired) electrons. The van der Waals surface area contributed by atoms with Crippen LogP contribution in [0.15, 0.2) is 48.7 Å². The Morgan fingerprint density at radius 2 is 1.78 bits per heavy atom. The largest absolute Gasteiger partial charge is 0.324 e. The first-order valence-electron chi connectivity index (χ1n) is 5.43. The zero-order valence-electron chi connectivity index (χ0n) is 9.34. The van der Waals surface area contributed by atoms with Crippen molar-refractivity contribution < 1.29 is 0 Å². The van der Waals surface area contributed by atoms with Crippen molar-refractivity contribution in [2.45, 2.75) is 0 Å². The van der Waals surface area contributed by atoms with Crippen molar-refractivity contribution in [1.82, 2.24) is 15.0 Å². The van der Waals surface area contributed by atoms with E-state index in [0.717, 1.165) is 16.7 Å². The number of halogens is 1. The minimum absolute atomic E-state index is 0.215. The van der Waals surface area contributed by atoms with Gasteiger partial charge >= 0.3 is 0 Å². The molecule has 1 N–H and O–H groups in total. The highest BCUT2D eigenvalue weighted by atomic mass is 35.5. The van der Waals surface area contributed by atoms with Gasteiger partial charge in [0, 0.05) is 11.6 Å². The molecule has 3 aromatic rings. The highest BCUT2D eigenvalue weighted by Crippen LogP contribution is 2.23. The van der Waals surface area contributed by atoms with Crippen molar-refractivity contribution in [1.29, 1.82) is 0 Å². The molecular weight excluding hydrogens is 248 g/mol. The zero-order chi connectivity index (χ0) is 12.4. The lowest BCUT2D eigenvalue weighted by molar-refractivity contribution is 1.20. The van der Waals surface area contributed by atoms with E-state index >= 15 is 0 Å². The lowest BCUT2D eigenvalue weighted by atomic mass is 10.2. The van der Waals surface area contributed by atoms with Gasteiger partial charge in [0.1, 0.15) is 11.6 Å². The fraction of sp³-hybridized carbons (Fsp3) is 0. The van der Waals surface area contributed by atoms with Gasteiger partial charge in [0.15, 0.2) is 0 Å². The van der Waals surface area contributed by atoms with E-state index in [1.165, 1.54) is 0 Å². The molecule has 0 saturated carbocycles. The third kappa shape index (κ3) is 2.10. The predicted molar refractivity (Wildman–Crippen MR) is 72.1 cm³/mol. The molecule has 18 heavy (non-hydrogen) atoms. The summed E-state index contributed by atoms with van der Waals surface area (Å²) in [5, 5.41) is 4.27. The quantitative estimate of drug-likeness (QED) is 0.714. The number of fused-ring (bicyclic) bond motifs is 1. The molecule has 0 fully saturated rings. The minimum Gasteiger partial charge on any atom is -0.324 e. The van der Waals surface area contributed by atoms with Gasteiger partial charge in [0.25, 0.3) is 0 Å². The Labute approximate surface area is 109 Å². The molecule has 88 valence electrons. The van der Waals surface area contributed by atoms with Gasteiger partial charge in [-0.05, 0) is 35.9 Å². The molecule has 0 spiro atoms. The smallest absolute Gasteiger partial charge is 0.224 e. The maximum atomic E-state index is 5.91. The standard InChI is InChI=1S/C13H9ClN4/c14-13-16-10-6-2-1-5-9(10)12(18-13)17-11-7-3-4-8-15-11/h1-8H,(H,15,16,17,18). The van der Waals surface area contributed by atoms with Crippen LogP contribution in [0.2, 0.25) is 5.28 Å². The van der Waals surface area contributed by atoms with E-state index in [4.69, 9.17) is 11.6 Å². The van der Waals surface area contributed by atoms with Crippen LogP contribution in [0, 0.1) is 0 Å². The lowest BCUT2D eigenvalue weighted by Gasteiger charge is -2.07. The van der Waals surface area contributed by atoms with Crippen molar-refractivity contribution >= 4 is 34.1 Å². The Hall–Kier alpha value is -2.20. The van der Waals surface area contributed by atoms with Gasteiger partial charge in [0.05, 0.1) is 5.52 Å². The number of para-hydroxylation sites is 1. The number of hydrogen-bond donors (Lipinski definition) is 1. The summed E-state index contributed by atoms with van der Waals surface area (Å²) >= 11 is 5.91. The molecule has 0 bridgehead atoms.